The second-order valence-corrected chi connectivity index (χ2v) is 4.84. The Kier molecular flexibility index (Phi) is 2.69. The van der Waals surface area contributed by atoms with Crippen LogP contribution in [0, 0.1) is 17.6 Å². The van der Waals surface area contributed by atoms with Crippen LogP contribution < -0.4 is 10.1 Å². The molecule has 1 fully saturated rings. The Morgan fingerprint density at radius 3 is 2.89 bits per heavy atom. The van der Waals surface area contributed by atoms with Gasteiger partial charge in [-0.15, -0.1) is 0 Å². The number of halogens is 2. The monoisotopic (exact) mass is 253 g/mol. The number of amides is 1. The Morgan fingerprint density at radius 1 is 1.39 bits per heavy atom. The van der Waals surface area contributed by atoms with Gasteiger partial charge < -0.3 is 10.1 Å². The highest BCUT2D eigenvalue weighted by Crippen LogP contribution is 2.32. The summed E-state index contributed by atoms with van der Waals surface area (Å²) in [5, 5.41) is 2.78. The lowest BCUT2D eigenvalue weighted by Crippen LogP contribution is -2.35. The highest BCUT2D eigenvalue weighted by atomic mass is 19.1. The van der Waals surface area contributed by atoms with Crippen molar-refractivity contribution in [2.45, 2.75) is 25.4 Å². The number of fused-ring (bicyclic) bond motifs is 1. The van der Waals surface area contributed by atoms with Crippen LogP contribution in [0.15, 0.2) is 12.1 Å². The molecule has 2 aliphatic rings. The minimum absolute atomic E-state index is 0.0289. The number of benzene rings is 1. The quantitative estimate of drug-likeness (QED) is 0.892. The molecule has 18 heavy (non-hydrogen) atoms. The van der Waals surface area contributed by atoms with Gasteiger partial charge in [-0.25, -0.2) is 8.78 Å². The molecule has 1 amide bonds. The lowest BCUT2D eigenvalue weighted by Gasteiger charge is -2.11. The number of nitrogens with one attached hydrogen (secondary N) is 1. The SMILES string of the molecule is O=C(NCC1Cc2cc(F)cc(F)c2O1)C1CC1. The Bertz CT molecular complexity index is 500. The molecular weight excluding hydrogens is 240 g/mol. The summed E-state index contributed by atoms with van der Waals surface area (Å²) in [5.74, 6) is -0.996. The van der Waals surface area contributed by atoms with Crippen LogP contribution in [-0.4, -0.2) is 18.6 Å². The van der Waals surface area contributed by atoms with E-state index in [-0.39, 0.29) is 23.7 Å². The minimum atomic E-state index is -0.680. The molecule has 0 spiro atoms. The summed E-state index contributed by atoms with van der Waals surface area (Å²) >= 11 is 0. The predicted molar refractivity (Wildman–Crippen MR) is 60.2 cm³/mol. The summed E-state index contributed by atoms with van der Waals surface area (Å²) in [4.78, 5) is 11.5. The molecule has 1 N–H and O–H groups in total. The summed E-state index contributed by atoms with van der Waals surface area (Å²) in [6.07, 6.45) is 2.00. The topological polar surface area (TPSA) is 38.3 Å². The number of rotatable bonds is 3. The van der Waals surface area contributed by atoms with E-state index >= 15 is 0 Å². The van der Waals surface area contributed by atoms with Crippen LogP contribution in [0.25, 0.3) is 0 Å². The molecule has 0 bridgehead atoms. The Hall–Kier alpha value is -1.65. The van der Waals surface area contributed by atoms with Crippen LogP contribution in [0.3, 0.4) is 0 Å². The summed E-state index contributed by atoms with van der Waals surface area (Å²) in [6, 6.07) is 2.09. The fourth-order valence-corrected chi connectivity index (χ4v) is 2.17. The molecule has 1 heterocycles. The molecule has 1 aromatic carbocycles. The van der Waals surface area contributed by atoms with Crippen molar-refractivity contribution in [3.8, 4) is 5.75 Å². The second-order valence-electron chi connectivity index (χ2n) is 4.84. The van der Waals surface area contributed by atoms with Crippen LogP contribution in [0.1, 0.15) is 18.4 Å². The molecule has 1 saturated carbocycles. The zero-order valence-electron chi connectivity index (χ0n) is 9.71. The molecule has 1 atom stereocenters. The molecule has 0 saturated heterocycles. The zero-order valence-corrected chi connectivity index (χ0v) is 9.71. The van der Waals surface area contributed by atoms with Gasteiger partial charge in [0.25, 0.3) is 0 Å². The van der Waals surface area contributed by atoms with Crippen molar-refractivity contribution in [2.24, 2.45) is 5.92 Å². The van der Waals surface area contributed by atoms with Gasteiger partial charge in [0.05, 0.1) is 6.54 Å². The molecule has 96 valence electrons. The van der Waals surface area contributed by atoms with Crippen LogP contribution in [0.4, 0.5) is 8.78 Å². The highest BCUT2D eigenvalue weighted by molar-refractivity contribution is 5.80. The van der Waals surface area contributed by atoms with Gasteiger partial charge in [0.15, 0.2) is 11.6 Å². The number of carbonyl (C=O) groups excluding carboxylic acids is 1. The van der Waals surface area contributed by atoms with Gasteiger partial charge in [-0.3, -0.25) is 4.79 Å². The first-order chi connectivity index (χ1) is 8.63. The number of hydrogen-bond acceptors (Lipinski definition) is 2. The largest absolute Gasteiger partial charge is 0.485 e. The van der Waals surface area contributed by atoms with Gasteiger partial charge in [0, 0.05) is 24.0 Å². The average Bonchev–Trinajstić information content (AvgIpc) is 3.07. The van der Waals surface area contributed by atoms with Gasteiger partial charge in [0.2, 0.25) is 5.91 Å². The van der Waals surface area contributed by atoms with Gasteiger partial charge in [-0.1, -0.05) is 0 Å². The van der Waals surface area contributed by atoms with Gasteiger partial charge >= 0.3 is 0 Å². The van der Waals surface area contributed by atoms with Crippen molar-refractivity contribution >= 4 is 5.91 Å². The maximum Gasteiger partial charge on any atom is 0.223 e. The first kappa shape index (κ1) is 11.4. The van der Waals surface area contributed by atoms with E-state index in [9.17, 15) is 13.6 Å². The van der Waals surface area contributed by atoms with Crippen molar-refractivity contribution in [1.82, 2.24) is 5.32 Å². The molecule has 1 aromatic rings. The molecule has 1 aliphatic heterocycles. The van der Waals surface area contributed by atoms with E-state index in [1.165, 1.54) is 6.07 Å². The normalized spacial score (nSPS) is 21.3. The summed E-state index contributed by atoms with van der Waals surface area (Å²) in [7, 11) is 0. The predicted octanol–water partition coefficient (Wildman–Crippen LogP) is 1.79. The van der Waals surface area contributed by atoms with Gasteiger partial charge in [-0.2, -0.15) is 0 Å². The average molecular weight is 253 g/mol. The smallest absolute Gasteiger partial charge is 0.223 e. The molecule has 1 aliphatic carbocycles. The van der Waals surface area contributed by atoms with Gasteiger partial charge in [0.1, 0.15) is 11.9 Å². The van der Waals surface area contributed by atoms with Crippen LogP contribution in [0.2, 0.25) is 0 Å². The fraction of sp³-hybridized carbons (Fsp3) is 0.462. The first-order valence-corrected chi connectivity index (χ1v) is 6.06. The van der Waals surface area contributed by atoms with Crippen molar-refractivity contribution in [1.29, 1.82) is 0 Å². The second kappa shape index (κ2) is 4.23. The number of carbonyl (C=O) groups is 1. The summed E-state index contributed by atoms with van der Waals surface area (Å²) in [6.45, 7) is 0.338. The Balaban J connectivity index is 1.62. The molecule has 1 unspecified atom stereocenters. The van der Waals surface area contributed by atoms with Crippen molar-refractivity contribution in [3.05, 3.63) is 29.3 Å². The zero-order chi connectivity index (χ0) is 12.7. The van der Waals surface area contributed by atoms with E-state index < -0.39 is 11.6 Å². The summed E-state index contributed by atoms with van der Waals surface area (Å²) in [5.41, 5.74) is 0.526. The van der Waals surface area contributed by atoms with E-state index in [0.29, 0.717) is 18.5 Å². The molecule has 5 heteroatoms. The first-order valence-electron chi connectivity index (χ1n) is 6.06. The molecule has 0 aromatic heterocycles. The highest BCUT2D eigenvalue weighted by Gasteiger charge is 2.31. The minimum Gasteiger partial charge on any atom is -0.485 e. The molecule has 3 nitrogen and oxygen atoms in total. The standard InChI is InChI=1S/C13H13F2NO2/c14-9-3-8-4-10(18-12(8)11(15)5-9)6-16-13(17)7-1-2-7/h3,5,7,10H,1-2,4,6H2,(H,16,17). The number of hydrogen-bond donors (Lipinski definition) is 1. The third-order valence-corrected chi connectivity index (χ3v) is 3.27. The third-order valence-electron chi connectivity index (χ3n) is 3.27. The van der Waals surface area contributed by atoms with Crippen LogP contribution in [0.5, 0.6) is 5.75 Å². The molecule has 0 radical (unpaired) electrons. The van der Waals surface area contributed by atoms with E-state index in [2.05, 4.69) is 5.32 Å². The van der Waals surface area contributed by atoms with Crippen molar-refractivity contribution in [3.63, 3.8) is 0 Å². The summed E-state index contributed by atoms with van der Waals surface area (Å²) < 4.78 is 31.8. The lowest BCUT2D eigenvalue weighted by atomic mass is 10.1. The van der Waals surface area contributed by atoms with E-state index in [1.807, 2.05) is 0 Å². The lowest BCUT2D eigenvalue weighted by molar-refractivity contribution is -0.122. The molecular formula is C13H13F2NO2. The maximum absolute atomic E-state index is 13.4. The Morgan fingerprint density at radius 2 is 2.17 bits per heavy atom. The molecule has 3 rings (SSSR count). The van der Waals surface area contributed by atoms with E-state index in [4.69, 9.17) is 4.74 Å². The van der Waals surface area contributed by atoms with E-state index in [0.717, 1.165) is 18.9 Å². The van der Waals surface area contributed by atoms with Crippen molar-refractivity contribution in [2.75, 3.05) is 6.54 Å². The fourth-order valence-electron chi connectivity index (χ4n) is 2.17. The maximum atomic E-state index is 13.4. The van der Waals surface area contributed by atoms with Crippen molar-refractivity contribution < 1.29 is 18.3 Å². The van der Waals surface area contributed by atoms with Crippen LogP contribution in [-0.2, 0) is 11.2 Å². The van der Waals surface area contributed by atoms with Crippen LogP contribution >= 0.6 is 0 Å². The number of ether oxygens (including phenoxy) is 1. The van der Waals surface area contributed by atoms with Gasteiger partial charge in [-0.05, 0) is 18.9 Å². The Labute approximate surface area is 103 Å². The van der Waals surface area contributed by atoms with E-state index in [1.54, 1.807) is 0 Å². The third kappa shape index (κ3) is 2.17.